The molecule has 0 unspecified atom stereocenters. The van der Waals surface area contributed by atoms with E-state index in [1.165, 1.54) is 10.1 Å². The summed E-state index contributed by atoms with van der Waals surface area (Å²) in [5.74, 6) is 0.639. The first-order valence-corrected chi connectivity index (χ1v) is 12.4. The van der Waals surface area contributed by atoms with Crippen molar-refractivity contribution in [2.45, 2.75) is 45.4 Å². The van der Waals surface area contributed by atoms with Gasteiger partial charge in [-0.05, 0) is 42.7 Å². The molecule has 0 N–H and O–H groups in total. The first-order chi connectivity index (χ1) is 16.4. The van der Waals surface area contributed by atoms with E-state index >= 15 is 0 Å². The van der Waals surface area contributed by atoms with Crippen molar-refractivity contribution in [3.63, 3.8) is 0 Å². The molecule has 0 saturated heterocycles. The van der Waals surface area contributed by atoms with Gasteiger partial charge >= 0.3 is 5.69 Å². The highest BCUT2D eigenvalue weighted by molar-refractivity contribution is 7.19. The summed E-state index contributed by atoms with van der Waals surface area (Å²) >= 11 is 7.70. The minimum Gasteiger partial charge on any atom is -0.370 e. The van der Waals surface area contributed by atoms with E-state index in [0.717, 1.165) is 32.6 Å². The van der Waals surface area contributed by atoms with Gasteiger partial charge in [-0.3, -0.25) is 4.57 Å². The Morgan fingerprint density at radius 1 is 1.09 bits per heavy atom. The smallest absolute Gasteiger partial charge is 0.352 e. The third-order valence-electron chi connectivity index (χ3n) is 6.26. The summed E-state index contributed by atoms with van der Waals surface area (Å²) in [6.45, 7) is 5.17. The van der Waals surface area contributed by atoms with Gasteiger partial charge < -0.3 is 4.74 Å². The summed E-state index contributed by atoms with van der Waals surface area (Å²) in [4.78, 5) is 20.6. The second-order valence-corrected chi connectivity index (χ2v) is 10.9. The lowest BCUT2D eigenvalue weighted by Gasteiger charge is -2.30. The number of nitrogens with zero attached hydrogens (tertiary/aromatic N) is 4. The molecule has 0 atom stereocenters. The van der Waals surface area contributed by atoms with Gasteiger partial charge in [-0.25, -0.2) is 9.78 Å². The number of aromatic nitrogens is 4. The van der Waals surface area contributed by atoms with Crippen LogP contribution in [-0.2, 0) is 30.7 Å². The van der Waals surface area contributed by atoms with E-state index in [-0.39, 0.29) is 11.3 Å². The van der Waals surface area contributed by atoms with Crippen LogP contribution in [0.5, 0.6) is 0 Å². The Labute approximate surface area is 205 Å². The molecule has 2 aromatic carbocycles. The van der Waals surface area contributed by atoms with Crippen LogP contribution in [0.15, 0.2) is 59.4 Å². The van der Waals surface area contributed by atoms with E-state index in [4.69, 9.17) is 21.3 Å². The molecule has 6 nitrogen and oxygen atoms in total. The maximum Gasteiger partial charge on any atom is 0.352 e. The SMILES string of the molecule is CC1(C)Cc2c(sc3c2c2nc(Cc4ccccc4)nn2c(=O)n3Cc2ccc(Cl)cc2)CO1. The van der Waals surface area contributed by atoms with E-state index in [1.54, 1.807) is 11.3 Å². The second-order valence-electron chi connectivity index (χ2n) is 9.33. The minimum atomic E-state index is -0.276. The molecule has 0 amide bonds. The molecule has 1 aliphatic heterocycles. The van der Waals surface area contributed by atoms with Gasteiger partial charge in [-0.15, -0.1) is 16.4 Å². The summed E-state index contributed by atoms with van der Waals surface area (Å²) in [5.41, 5.74) is 3.49. The van der Waals surface area contributed by atoms with Crippen LogP contribution in [-0.4, -0.2) is 24.8 Å². The number of benzene rings is 2. The zero-order chi connectivity index (χ0) is 23.4. The van der Waals surface area contributed by atoms with Crippen molar-refractivity contribution in [1.29, 1.82) is 0 Å². The van der Waals surface area contributed by atoms with Gasteiger partial charge in [0, 0.05) is 22.7 Å². The molecule has 0 fully saturated rings. The van der Waals surface area contributed by atoms with Gasteiger partial charge in [0.05, 0.1) is 24.1 Å². The molecular formula is C26H23ClN4O2S. The molecule has 0 saturated carbocycles. The molecular weight excluding hydrogens is 468 g/mol. The fourth-order valence-electron chi connectivity index (χ4n) is 4.58. The van der Waals surface area contributed by atoms with Crippen molar-refractivity contribution in [2.75, 3.05) is 0 Å². The number of halogens is 1. The molecule has 34 heavy (non-hydrogen) atoms. The van der Waals surface area contributed by atoms with E-state index in [2.05, 4.69) is 18.9 Å². The average Bonchev–Trinajstić information content (AvgIpc) is 3.39. The lowest BCUT2D eigenvalue weighted by molar-refractivity contribution is -0.0379. The maximum absolute atomic E-state index is 13.7. The topological polar surface area (TPSA) is 61.4 Å². The Morgan fingerprint density at radius 3 is 2.62 bits per heavy atom. The summed E-state index contributed by atoms with van der Waals surface area (Å²) < 4.78 is 9.37. The lowest BCUT2D eigenvalue weighted by atomic mass is 9.94. The summed E-state index contributed by atoms with van der Waals surface area (Å²) in [6, 6.07) is 17.7. The van der Waals surface area contributed by atoms with Crippen molar-refractivity contribution in [1.82, 2.24) is 19.2 Å². The van der Waals surface area contributed by atoms with E-state index in [0.29, 0.717) is 36.1 Å². The van der Waals surface area contributed by atoms with E-state index in [1.807, 2.05) is 59.2 Å². The highest BCUT2D eigenvalue weighted by Gasteiger charge is 2.32. The van der Waals surface area contributed by atoms with Gasteiger partial charge in [0.15, 0.2) is 11.5 Å². The summed E-state index contributed by atoms with van der Waals surface area (Å²) in [6.07, 6.45) is 1.33. The van der Waals surface area contributed by atoms with Crippen molar-refractivity contribution in [3.8, 4) is 0 Å². The number of ether oxygens (including phenoxy) is 1. The van der Waals surface area contributed by atoms with Crippen LogP contribution in [0.3, 0.4) is 0 Å². The Bertz CT molecular complexity index is 1580. The number of thiophene rings is 1. The Hall–Kier alpha value is -3.00. The summed E-state index contributed by atoms with van der Waals surface area (Å²) in [5, 5.41) is 6.35. The Kier molecular flexibility index (Phi) is 5.09. The molecule has 6 rings (SSSR count). The van der Waals surface area contributed by atoms with Gasteiger partial charge in [0.25, 0.3) is 0 Å². The predicted octanol–water partition coefficient (Wildman–Crippen LogP) is 5.25. The van der Waals surface area contributed by atoms with Gasteiger partial charge in [-0.1, -0.05) is 54.1 Å². The van der Waals surface area contributed by atoms with Gasteiger partial charge in [0.2, 0.25) is 0 Å². The van der Waals surface area contributed by atoms with Gasteiger partial charge in [0.1, 0.15) is 4.83 Å². The molecule has 0 bridgehead atoms. The van der Waals surface area contributed by atoms with Crippen molar-refractivity contribution in [2.24, 2.45) is 0 Å². The fourth-order valence-corrected chi connectivity index (χ4v) is 5.92. The first-order valence-electron chi connectivity index (χ1n) is 11.2. The highest BCUT2D eigenvalue weighted by atomic mass is 35.5. The van der Waals surface area contributed by atoms with Crippen molar-refractivity contribution < 1.29 is 4.74 Å². The van der Waals surface area contributed by atoms with Crippen LogP contribution in [0.2, 0.25) is 5.02 Å². The number of fused-ring (bicyclic) bond motifs is 5. The van der Waals surface area contributed by atoms with Gasteiger partial charge in [-0.2, -0.15) is 4.52 Å². The maximum atomic E-state index is 13.7. The standard InChI is InChI=1S/C26H23ClN4O2S/c1-26(2)13-19-20(15-33-26)34-24-22(19)23-28-21(12-16-6-4-3-5-7-16)29-31(23)25(32)30(24)14-17-8-10-18(27)11-9-17/h3-11H,12-15H2,1-2H3. The normalized spacial score (nSPS) is 15.1. The van der Waals surface area contributed by atoms with E-state index in [9.17, 15) is 4.79 Å². The largest absolute Gasteiger partial charge is 0.370 e. The third kappa shape index (κ3) is 3.74. The lowest BCUT2D eigenvalue weighted by Crippen LogP contribution is -2.31. The third-order valence-corrected chi connectivity index (χ3v) is 7.74. The van der Waals surface area contributed by atoms with E-state index < -0.39 is 0 Å². The highest BCUT2D eigenvalue weighted by Crippen LogP contribution is 2.40. The molecule has 1 aliphatic rings. The zero-order valence-electron chi connectivity index (χ0n) is 18.9. The molecule has 0 radical (unpaired) electrons. The molecule has 172 valence electrons. The predicted molar refractivity (Wildman–Crippen MR) is 135 cm³/mol. The number of rotatable bonds is 4. The van der Waals surface area contributed by atoms with Crippen molar-refractivity contribution >= 4 is 38.8 Å². The molecule has 0 spiro atoms. The van der Waals surface area contributed by atoms with Crippen molar-refractivity contribution in [3.05, 3.63) is 97.5 Å². The van der Waals surface area contributed by atoms with Crippen LogP contribution in [0.25, 0.3) is 15.9 Å². The van der Waals surface area contributed by atoms with Crippen LogP contribution < -0.4 is 5.69 Å². The molecule has 0 aliphatic carbocycles. The quantitative estimate of drug-likeness (QED) is 0.345. The molecule has 3 aromatic heterocycles. The Balaban J connectivity index is 1.58. The fraction of sp³-hybridized carbons (Fsp3) is 0.269. The van der Waals surface area contributed by atoms with Crippen LogP contribution >= 0.6 is 22.9 Å². The first kappa shape index (κ1) is 21.5. The van der Waals surface area contributed by atoms with Crippen LogP contribution in [0.1, 0.15) is 41.2 Å². The Morgan fingerprint density at radius 2 is 1.85 bits per heavy atom. The molecule has 5 aromatic rings. The minimum absolute atomic E-state index is 0.192. The van der Waals surface area contributed by atoms with Crippen LogP contribution in [0, 0.1) is 0 Å². The molecule has 8 heteroatoms. The van der Waals surface area contributed by atoms with Crippen LogP contribution in [0.4, 0.5) is 0 Å². The molecule has 4 heterocycles. The number of hydrogen-bond donors (Lipinski definition) is 0. The zero-order valence-corrected chi connectivity index (χ0v) is 20.5. The monoisotopic (exact) mass is 490 g/mol. The average molecular weight is 491 g/mol. The summed E-state index contributed by atoms with van der Waals surface area (Å²) in [7, 11) is 0. The second kappa shape index (κ2) is 8.05. The number of hydrogen-bond acceptors (Lipinski definition) is 5.